The maximum Gasteiger partial charge on any atom is 0.371 e. The molecule has 0 unspecified atom stereocenters. The molecule has 5 heteroatoms. The fourth-order valence-corrected chi connectivity index (χ4v) is 2.17. The fraction of sp³-hybridized carbons (Fsp3) is 0.400. The van der Waals surface area contributed by atoms with Crippen molar-refractivity contribution in [2.75, 3.05) is 27.3 Å². The predicted molar refractivity (Wildman–Crippen MR) is 76.0 cm³/mol. The Bertz CT molecular complexity index is 591. The Morgan fingerprint density at radius 3 is 2.90 bits per heavy atom. The zero-order valence-electron chi connectivity index (χ0n) is 11.8. The van der Waals surface area contributed by atoms with Crippen LogP contribution in [0.5, 0.6) is 0 Å². The summed E-state index contributed by atoms with van der Waals surface area (Å²) in [6, 6.07) is 7.31. The molecule has 2 rings (SSSR count). The number of rotatable bonds is 7. The Balaban J connectivity index is 2.05. The fourth-order valence-electron chi connectivity index (χ4n) is 2.17. The second-order valence-corrected chi connectivity index (χ2v) is 4.87. The van der Waals surface area contributed by atoms with Gasteiger partial charge >= 0.3 is 5.97 Å². The third kappa shape index (κ3) is 3.59. The number of furan rings is 1. The van der Waals surface area contributed by atoms with E-state index in [0.29, 0.717) is 5.58 Å². The molecule has 0 amide bonds. The molecule has 0 aliphatic rings. The van der Waals surface area contributed by atoms with E-state index < -0.39 is 5.97 Å². The van der Waals surface area contributed by atoms with E-state index in [0.717, 1.165) is 37.1 Å². The lowest BCUT2D eigenvalue weighted by molar-refractivity contribution is 0.0665. The van der Waals surface area contributed by atoms with Crippen LogP contribution >= 0.6 is 0 Å². The van der Waals surface area contributed by atoms with Gasteiger partial charge in [0.05, 0.1) is 0 Å². The van der Waals surface area contributed by atoms with Crippen molar-refractivity contribution in [3.63, 3.8) is 0 Å². The topological polar surface area (TPSA) is 62.9 Å². The highest BCUT2D eigenvalue weighted by Crippen LogP contribution is 2.21. The molecule has 2 aromatic rings. The number of carboxylic acids is 1. The van der Waals surface area contributed by atoms with Gasteiger partial charge in [0.2, 0.25) is 5.76 Å². The summed E-state index contributed by atoms with van der Waals surface area (Å²) in [6.07, 6.45) is 0.990. The van der Waals surface area contributed by atoms with Gasteiger partial charge < -0.3 is 19.2 Å². The third-order valence-corrected chi connectivity index (χ3v) is 3.13. The van der Waals surface area contributed by atoms with Crippen LogP contribution in [0.2, 0.25) is 0 Å². The van der Waals surface area contributed by atoms with Crippen molar-refractivity contribution in [2.24, 2.45) is 0 Å². The van der Waals surface area contributed by atoms with Crippen LogP contribution in [-0.2, 0) is 11.3 Å². The number of hydrogen-bond acceptors (Lipinski definition) is 4. The van der Waals surface area contributed by atoms with E-state index >= 15 is 0 Å². The Kier molecular flexibility index (Phi) is 4.76. The number of methoxy groups -OCH3 is 1. The molecule has 108 valence electrons. The Morgan fingerprint density at radius 2 is 2.20 bits per heavy atom. The van der Waals surface area contributed by atoms with Crippen LogP contribution in [0, 0.1) is 0 Å². The Labute approximate surface area is 117 Å². The molecule has 20 heavy (non-hydrogen) atoms. The van der Waals surface area contributed by atoms with Crippen LogP contribution in [-0.4, -0.2) is 43.3 Å². The molecule has 0 aliphatic carbocycles. The van der Waals surface area contributed by atoms with E-state index in [1.54, 1.807) is 13.2 Å². The van der Waals surface area contributed by atoms with Gasteiger partial charge in [-0.3, -0.25) is 0 Å². The SMILES string of the molecule is COCCCN(C)Cc1ccc2oc(C(=O)O)cc2c1. The summed E-state index contributed by atoms with van der Waals surface area (Å²) in [5.41, 5.74) is 1.74. The second kappa shape index (κ2) is 6.54. The van der Waals surface area contributed by atoms with Gasteiger partial charge in [0, 0.05) is 32.2 Å². The summed E-state index contributed by atoms with van der Waals surface area (Å²) in [6.45, 7) is 2.53. The van der Waals surface area contributed by atoms with Crippen LogP contribution in [0.15, 0.2) is 28.7 Å². The summed E-state index contributed by atoms with van der Waals surface area (Å²) in [4.78, 5) is 13.1. The summed E-state index contributed by atoms with van der Waals surface area (Å²) in [5, 5.41) is 9.73. The number of nitrogens with zero attached hydrogens (tertiary/aromatic N) is 1. The van der Waals surface area contributed by atoms with Crippen LogP contribution in [0.25, 0.3) is 11.0 Å². The van der Waals surface area contributed by atoms with Crippen molar-refractivity contribution in [3.05, 3.63) is 35.6 Å². The molecule has 1 N–H and O–H groups in total. The summed E-state index contributed by atoms with van der Waals surface area (Å²) >= 11 is 0. The van der Waals surface area contributed by atoms with E-state index in [4.69, 9.17) is 14.3 Å². The molecule has 0 spiro atoms. The largest absolute Gasteiger partial charge is 0.475 e. The van der Waals surface area contributed by atoms with Gasteiger partial charge in [-0.15, -0.1) is 0 Å². The van der Waals surface area contributed by atoms with Crippen molar-refractivity contribution in [2.45, 2.75) is 13.0 Å². The van der Waals surface area contributed by atoms with Crippen molar-refractivity contribution in [1.29, 1.82) is 0 Å². The number of ether oxygens (including phenoxy) is 1. The number of benzene rings is 1. The molecule has 1 aromatic heterocycles. The van der Waals surface area contributed by atoms with Crippen LogP contribution in [0.4, 0.5) is 0 Å². The summed E-state index contributed by atoms with van der Waals surface area (Å²) in [5.74, 6) is -1.06. The first-order chi connectivity index (χ1) is 9.60. The lowest BCUT2D eigenvalue weighted by Gasteiger charge is -2.16. The molecule has 1 heterocycles. The molecular formula is C15H19NO4. The van der Waals surface area contributed by atoms with Crippen molar-refractivity contribution >= 4 is 16.9 Å². The number of hydrogen-bond donors (Lipinski definition) is 1. The molecule has 0 fully saturated rings. The lowest BCUT2D eigenvalue weighted by atomic mass is 10.1. The van der Waals surface area contributed by atoms with Crippen molar-refractivity contribution < 1.29 is 19.1 Å². The first-order valence-corrected chi connectivity index (χ1v) is 6.53. The minimum absolute atomic E-state index is 0.0226. The highest BCUT2D eigenvalue weighted by molar-refractivity contribution is 5.91. The standard InChI is InChI=1S/C15H19NO4/c1-16(6-3-7-19-2)10-11-4-5-13-12(8-11)9-14(20-13)15(17)18/h4-5,8-9H,3,6-7,10H2,1-2H3,(H,17,18). The monoisotopic (exact) mass is 277 g/mol. The van der Waals surface area contributed by atoms with Gasteiger partial charge in [-0.2, -0.15) is 0 Å². The molecule has 0 saturated heterocycles. The van der Waals surface area contributed by atoms with Gasteiger partial charge in [-0.25, -0.2) is 4.79 Å². The maximum absolute atomic E-state index is 10.9. The Hall–Kier alpha value is -1.85. The average molecular weight is 277 g/mol. The minimum Gasteiger partial charge on any atom is -0.475 e. The molecule has 0 radical (unpaired) electrons. The van der Waals surface area contributed by atoms with Gasteiger partial charge in [0.25, 0.3) is 0 Å². The molecule has 0 bridgehead atoms. The normalized spacial score (nSPS) is 11.3. The molecular weight excluding hydrogens is 258 g/mol. The van der Waals surface area contributed by atoms with Crippen LogP contribution in [0.3, 0.4) is 0 Å². The average Bonchev–Trinajstić information content (AvgIpc) is 2.82. The molecule has 0 atom stereocenters. The first kappa shape index (κ1) is 14.6. The van der Waals surface area contributed by atoms with E-state index in [2.05, 4.69) is 11.9 Å². The smallest absolute Gasteiger partial charge is 0.371 e. The molecule has 5 nitrogen and oxygen atoms in total. The molecule has 0 aliphatic heterocycles. The van der Waals surface area contributed by atoms with E-state index in [-0.39, 0.29) is 5.76 Å². The third-order valence-electron chi connectivity index (χ3n) is 3.13. The quantitative estimate of drug-likeness (QED) is 0.788. The number of aromatic carboxylic acids is 1. The van der Waals surface area contributed by atoms with E-state index in [1.807, 2.05) is 18.2 Å². The molecule has 1 aromatic carbocycles. The van der Waals surface area contributed by atoms with Gasteiger partial charge in [0.15, 0.2) is 0 Å². The van der Waals surface area contributed by atoms with E-state index in [9.17, 15) is 4.79 Å². The van der Waals surface area contributed by atoms with Crippen LogP contribution < -0.4 is 0 Å². The molecule has 0 saturated carbocycles. The zero-order chi connectivity index (χ0) is 14.5. The van der Waals surface area contributed by atoms with Crippen molar-refractivity contribution in [1.82, 2.24) is 4.90 Å². The zero-order valence-corrected chi connectivity index (χ0v) is 11.8. The van der Waals surface area contributed by atoms with Gasteiger partial charge in [-0.05, 0) is 37.2 Å². The summed E-state index contributed by atoms with van der Waals surface area (Å²) < 4.78 is 10.3. The highest BCUT2D eigenvalue weighted by atomic mass is 16.5. The maximum atomic E-state index is 10.9. The second-order valence-electron chi connectivity index (χ2n) is 4.87. The van der Waals surface area contributed by atoms with Gasteiger partial charge in [-0.1, -0.05) is 6.07 Å². The minimum atomic E-state index is -1.04. The van der Waals surface area contributed by atoms with Crippen LogP contribution in [0.1, 0.15) is 22.5 Å². The van der Waals surface area contributed by atoms with E-state index in [1.165, 1.54) is 0 Å². The predicted octanol–water partition coefficient (Wildman–Crippen LogP) is 2.60. The van der Waals surface area contributed by atoms with Crippen molar-refractivity contribution in [3.8, 4) is 0 Å². The number of carbonyl (C=O) groups is 1. The summed E-state index contributed by atoms with van der Waals surface area (Å²) in [7, 11) is 3.75. The number of carboxylic acid groups (broad SMARTS) is 1. The highest BCUT2D eigenvalue weighted by Gasteiger charge is 2.11. The van der Waals surface area contributed by atoms with Gasteiger partial charge in [0.1, 0.15) is 5.58 Å². The lowest BCUT2D eigenvalue weighted by Crippen LogP contribution is -2.20. The Morgan fingerprint density at radius 1 is 1.40 bits per heavy atom. The number of fused-ring (bicyclic) bond motifs is 1. The first-order valence-electron chi connectivity index (χ1n) is 6.53.